The van der Waals surface area contributed by atoms with E-state index in [4.69, 9.17) is 5.73 Å². The molecule has 0 bridgehead atoms. The van der Waals surface area contributed by atoms with Gasteiger partial charge in [-0.2, -0.15) is 0 Å². The number of carbonyl (C=O) groups is 1. The Bertz CT molecular complexity index is 550. The lowest BCUT2D eigenvalue weighted by atomic mass is 10.0. The van der Waals surface area contributed by atoms with Gasteiger partial charge < -0.3 is 10.5 Å². The molecule has 2 rings (SSSR count). The molecule has 1 heterocycles. The largest absolute Gasteiger partial charge is 0.468 e. The highest BCUT2D eigenvalue weighted by Crippen LogP contribution is 2.22. The van der Waals surface area contributed by atoms with Crippen LogP contribution in [0.2, 0.25) is 0 Å². The molecule has 6 heteroatoms. The van der Waals surface area contributed by atoms with E-state index >= 15 is 0 Å². The first-order chi connectivity index (χ1) is 8.72. The second-order valence-electron chi connectivity index (χ2n) is 3.86. The Morgan fingerprint density at radius 2 is 1.80 bits per heavy atom. The van der Waals surface area contributed by atoms with Gasteiger partial charge in [-0.05, 0) is 34.9 Å². The van der Waals surface area contributed by atoms with Crippen molar-refractivity contribution in [1.82, 2.24) is 4.98 Å². The first-order valence-electron chi connectivity index (χ1n) is 5.56. The van der Waals surface area contributed by atoms with Crippen molar-refractivity contribution in [3.63, 3.8) is 0 Å². The minimum absolute atomic E-state index is 0. The van der Waals surface area contributed by atoms with Crippen molar-refractivity contribution >= 4 is 30.8 Å². The molecule has 2 aromatic rings. The summed E-state index contributed by atoms with van der Waals surface area (Å²) in [6, 6.07) is 10.6. The molecule has 0 radical (unpaired) electrons. The van der Waals surface area contributed by atoms with Crippen LogP contribution in [0.15, 0.2) is 48.8 Å². The molecule has 20 heavy (non-hydrogen) atoms. The van der Waals surface area contributed by atoms with Crippen LogP contribution in [0.25, 0.3) is 11.1 Å². The van der Waals surface area contributed by atoms with Gasteiger partial charge in [-0.3, -0.25) is 9.78 Å². The quantitative estimate of drug-likeness (QED) is 0.885. The van der Waals surface area contributed by atoms with Crippen LogP contribution in [-0.4, -0.2) is 18.1 Å². The third-order valence-corrected chi connectivity index (χ3v) is 2.71. The molecule has 0 amide bonds. The molecule has 1 unspecified atom stereocenters. The van der Waals surface area contributed by atoms with Crippen molar-refractivity contribution in [2.75, 3.05) is 7.11 Å². The van der Waals surface area contributed by atoms with Crippen LogP contribution < -0.4 is 5.73 Å². The van der Waals surface area contributed by atoms with Gasteiger partial charge in [0.1, 0.15) is 6.04 Å². The fourth-order valence-electron chi connectivity index (χ4n) is 1.72. The van der Waals surface area contributed by atoms with Crippen LogP contribution >= 0.6 is 24.8 Å². The van der Waals surface area contributed by atoms with Crippen molar-refractivity contribution in [2.24, 2.45) is 5.73 Å². The topological polar surface area (TPSA) is 65.2 Å². The third kappa shape index (κ3) is 4.20. The van der Waals surface area contributed by atoms with E-state index in [1.54, 1.807) is 12.4 Å². The summed E-state index contributed by atoms with van der Waals surface area (Å²) in [6.07, 6.45) is 3.45. The number of rotatable bonds is 3. The van der Waals surface area contributed by atoms with E-state index in [2.05, 4.69) is 9.72 Å². The molecule has 1 atom stereocenters. The molecule has 0 aliphatic heterocycles. The Morgan fingerprint density at radius 1 is 1.15 bits per heavy atom. The Labute approximate surface area is 130 Å². The highest BCUT2D eigenvalue weighted by atomic mass is 35.5. The van der Waals surface area contributed by atoms with Gasteiger partial charge in [-0.15, -0.1) is 24.8 Å². The van der Waals surface area contributed by atoms with Crippen LogP contribution in [0.4, 0.5) is 0 Å². The fraction of sp³-hybridized carbons (Fsp3) is 0.143. The van der Waals surface area contributed by atoms with E-state index < -0.39 is 12.0 Å². The zero-order chi connectivity index (χ0) is 13.0. The Balaban J connectivity index is 0.00000180. The number of pyridine rings is 1. The predicted molar refractivity (Wildman–Crippen MR) is 83.1 cm³/mol. The van der Waals surface area contributed by atoms with Gasteiger partial charge in [0.25, 0.3) is 0 Å². The number of ether oxygens (including phenoxy) is 1. The Kier molecular flexibility index (Phi) is 7.84. The van der Waals surface area contributed by atoms with Gasteiger partial charge in [-0.25, -0.2) is 0 Å². The summed E-state index contributed by atoms with van der Waals surface area (Å²) in [5, 5.41) is 0. The van der Waals surface area contributed by atoms with Crippen LogP contribution in [0.3, 0.4) is 0 Å². The summed E-state index contributed by atoms with van der Waals surface area (Å²) in [5.41, 5.74) is 8.57. The van der Waals surface area contributed by atoms with E-state index in [0.717, 1.165) is 16.7 Å². The molecule has 1 aromatic heterocycles. The number of esters is 1. The van der Waals surface area contributed by atoms with E-state index in [-0.39, 0.29) is 24.8 Å². The molecule has 1 aromatic carbocycles. The molecule has 0 saturated carbocycles. The van der Waals surface area contributed by atoms with Gasteiger partial charge in [0, 0.05) is 12.4 Å². The number of methoxy groups -OCH3 is 1. The number of hydrogen-bond acceptors (Lipinski definition) is 4. The molecule has 108 valence electrons. The maximum Gasteiger partial charge on any atom is 0.327 e. The molecular weight excluding hydrogens is 299 g/mol. The van der Waals surface area contributed by atoms with Crippen molar-refractivity contribution in [3.8, 4) is 11.1 Å². The standard InChI is InChI=1S/C14H14N2O2.2ClH/c1-18-14(17)13(15)12-4-2-3-11(9-12)10-5-7-16-8-6-10;;/h2-9,13H,15H2,1H3;2*1H. The summed E-state index contributed by atoms with van der Waals surface area (Å²) in [5.74, 6) is -0.443. The summed E-state index contributed by atoms with van der Waals surface area (Å²) in [7, 11) is 1.33. The molecular formula is C14H16Cl2N2O2. The van der Waals surface area contributed by atoms with Crippen molar-refractivity contribution in [2.45, 2.75) is 6.04 Å². The Morgan fingerprint density at radius 3 is 2.40 bits per heavy atom. The SMILES string of the molecule is COC(=O)C(N)c1cccc(-c2ccncc2)c1.Cl.Cl. The predicted octanol–water partition coefficient (Wildman–Crippen LogP) is 2.77. The number of nitrogens with two attached hydrogens (primary N) is 1. The summed E-state index contributed by atoms with van der Waals surface area (Å²) < 4.78 is 4.64. The summed E-state index contributed by atoms with van der Waals surface area (Å²) in [6.45, 7) is 0. The van der Waals surface area contributed by atoms with Gasteiger partial charge in [0.2, 0.25) is 0 Å². The van der Waals surface area contributed by atoms with E-state index in [1.807, 2.05) is 36.4 Å². The molecule has 0 aliphatic rings. The van der Waals surface area contributed by atoms with Gasteiger partial charge in [-0.1, -0.05) is 18.2 Å². The van der Waals surface area contributed by atoms with Gasteiger partial charge in [0.05, 0.1) is 7.11 Å². The number of aromatic nitrogens is 1. The summed E-state index contributed by atoms with van der Waals surface area (Å²) >= 11 is 0. The lowest BCUT2D eigenvalue weighted by Crippen LogP contribution is -2.22. The van der Waals surface area contributed by atoms with E-state index in [1.165, 1.54) is 7.11 Å². The normalized spacial score (nSPS) is 10.7. The number of carbonyl (C=O) groups excluding carboxylic acids is 1. The van der Waals surface area contributed by atoms with Crippen LogP contribution in [0, 0.1) is 0 Å². The molecule has 0 aliphatic carbocycles. The van der Waals surface area contributed by atoms with E-state index in [9.17, 15) is 4.79 Å². The molecule has 4 nitrogen and oxygen atoms in total. The number of halogens is 2. The monoisotopic (exact) mass is 314 g/mol. The highest BCUT2D eigenvalue weighted by molar-refractivity contribution is 5.85. The maximum atomic E-state index is 11.4. The van der Waals surface area contributed by atoms with Crippen molar-refractivity contribution < 1.29 is 9.53 Å². The van der Waals surface area contributed by atoms with Crippen molar-refractivity contribution in [3.05, 3.63) is 54.4 Å². The number of nitrogens with zero attached hydrogens (tertiary/aromatic N) is 1. The zero-order valence-electron chi connectivity index (χ0n) is 10.9. The highest BCUT2D eigenvalue weighted by Gasteiger charge is 2.16. The fourth-order valence-corrected chi connectivity index (χ4v) is 1.72. The average Bonchev–Trinajstić information content (AvgIpc) is 2.46. The van der Waals surface area contributed by atoms with Crippen molar-refractivity contribution in [1.29, 1.82) is 0 Å². The smallest absolute Gasteiger partial charge is 0.327 e. The van der Waals surface area contributed by atoms with Crippen LogP contribution in [0.1, 0.15) is 11.6 Å². The summed E-state index contributed by atoms with van der Waals surface area (Å²) in [4.78, 5) is 15.4. The zero-order valence-corrected chi connectivity index (χ0v) is 12.5. The Hall–Kier alpha value is -1.62. The number of benzene rings is 1. The van der Waals surface area contributed by atoms with Gasteiger partial charge in [0.15, 0.2) is 0 Å². The lowest BCUT2D eigenvalue weighted by Gasteiger charge is -2.11. The molecule has 0 saturated heterocycles. The molecule has 0 fully saturated rings. The van der Waals surface area contributed by atoms with Crippen LogP contribution in [-0.2, 0) is 9.53 Å². The maximum absolute atomic E-state index is 11.4. The molecule has 0 spiro atoms. The minimum atomic E-state index is -0.753. The second-order valence-corrected chi connectivity index (χ2v) is 3.86. The van der Waals surface area contributed by atoms with Gasteiger partial charge >= 0.3 is 5.97 Å². The average molecular weight is 315 g/mol. The first-order valence-corrected chi connectivity index (χ1v) is 5.56. The second kappa shape index (κ2) is 8.53. The first kappa shape index (κ1) is 18.4. The lowest BCUT2D eigenvalue weighted by molar-refractivity contribution is -0.142. The number of hydrogen-bond donors (Lipinski definition) is 1. The van der Waals surface area contributed by atoms with Crippen LogP contribution in [0.5, 0.6) is 0 Å². The molecule has 2 N–H and O–H groups in total. The minimum Gasteiger partial charge on any atom is -0.468 e. The third-order valence-electron chi connectivity index (χ3n) is 2.71. The van der Waals surface area contributed by atoms with E-state index in [0.29, 0.717) is 0 Å².